The van der Waals surface area contributed by atoms with Crippen LogP contribution in [0.5, 0.6) is 11.5 Å². The number of nitrogens with one attached hydrogen (secondary N) is 1. The smallest absolute Gasteiger partial charge is 0.266 e. The number of fused-ring (bicyclic) bond motifs is 1. The number of primary amides is 1. The Balaban J connectivity index is 2.02. The lowest BCUT2D eigenvalue weighted by atomic mass is 10.1. The summed E-state index contributed by atoms with van der Waals surface area (Å²) >= 11 is 1.40. The molecule has 26 heavy (non-hydrogen) atoms. The maximum absolute atomic E-state index is 12.8. The molecule has 1 aromatic heterocycles. The first kappa shape index (κ1) is 17.8. The molecule has 0 atom stereocenters. The molecule has 2 amide bonds. The van der Waals surface area contributed by atoms with Crippen LogP contribution in [0.1, 0.15) is 25.6 Å². The number of anilines is 1. The number of carbonyl (C=O) groups excluding carboxylic acids is 2. The van der Waals surface area contributed by atoms with E-state index in [0.29, 0.717) is 16.4 Å². The van der Waals surface area contributed by atoms with Crippen LogP contribution < -0.4 is 20.5 Å². The molecule has 2 aromatic carbocycles. The molecule has 0 bridgehead atoms. The minimum absolute atomic E-state index is 0.148. The van der Waals surface area contributed by atoms with Crippen molar-refractivity contribution in [2.24, 2.45) is 5.73 Å². The van der Waals surface area contributed by atoms with E-state index in [0.717, 1.165) is 15.6 Å². The van der Waals surface area contributed by atoms with Gasteiger partial charge in [0.1, 0.15) is 0 Å². The minimum Gasteiger partial charge on any atom is -0.493 e. The van der Waals surface area contributed by atoms with Gasteiger partial charge in [-0.2, -0.15) is 0 Å². The van der Waals surface area contributed by atoms with Gasteiger partial charge < -0.3 is 20.5 Å². The molecular weight excluding hydrogens is 352 g/mol. The Hall–Kier alpha value is -3.06. The van der Waals surface area contributed by atoms with E-state index in [2.05, 4.69) is 5.32 Å². The molecule has 0 aliphatic heterocycles. The second-order valence-corrected chi connectivity index (χ2v) is 6.68. The molecule has 1 heterocycles. The van der Waals surface area contributed by atoms with E-state index in [4.69, 9.17) is 15.2 Å². The quantitative estimate of drug-likeness (QED) is 0.718. The first-order valence-electron chi connectivity index (χ1n) is 7.81. The topological polar surface area (TPSA) is 90.6 Å². The Bertz CT molecular complexity index is 1010. The van der Waals surface area contributed by atoms with Gasteiger partial charge in [-0.05, 0) is 30.0 Å². The first-order valence-corrected chi connectivity index (χ1v) is 8.63. The van der Waals surface area contributed by atoms with Gasteiger partial charge in [0.2, 0.25) is 0 Å². The van der Waals surface area contributed by atoms with Crippen LogP contribution >= 0.6 is 11.3 Å². The average Bonchev–Trinajstić information content (AvgIpc) is 2.98. The second kappa shape index (κ2) is 7.05. The third kappa shape index (κ3) is 3.09. The number of aryl methyl sites for hydroxylation is 1. The predicted octanol–water partition coefficient (Wildman–Crippen LogP) is 3.58. The third-order valence-electron chi connectivity index (χ3n) is 4.09. The molecule has 134 valence electrons. The van der Waals surface area contributed by atoms with Gasteiger partial charge in [0, 0.05) is 10.8 Å². The molecule has 6 nitrogen and oxygen atoms in total. The van der Waals surface area contributed by atoms with Crippen LogP contribution in [0.2, 0.25) is 0 Å². The summed E-state index contributed by atoms with van der Waals surface area (Å²) in [7, 11) is 2.94. The summed E-state index contributed by atoms with van der Waals surface area (Å²) in [4.78, 5) is 25.2. The van der Waals surface area contributed by atoms with Gasteiger partial charge in [-0.1, -0.05) is 18.2 Å². The molecule has 0 aliphatic carbocycles. The van der Waals surface area contributed by atoms with Crippen LogP contribution in [0, 0.1) is 6.92 Å². The fraction of sp³-hybridized carbons (Fsp3) is 0.158. The first-order chi connectivity index (χ1) is 12.5. The molecule has 0 aliphatic rings. The maximum Gasteiger partial charge on any atom is 0.266 e. The van der Waals surface area contributed by atoms with E-state index in [1.165, 1.54) is 37.7 Å². The number of ether oxygens (including phenoxy) is 2. The number of hydrogen-bond donors (Lipinski definition) is 2. The predicted molar refractivity (Wildman–Crippen MR) is 103 cm³/mol. The summed E-state index contributed by atoms with van der Waals surface area (Å²) in [5.74, 6) is -0.231. The Morgan fingerprint density at radius 1 is 1.08 bits per heavy atom. The molecule has 0 spiro atoms. The standard InChI is InChI=1S/C19H18N2O4S/c1-10-11-6-4-5-7-16(11)26-17(10)19(23)21-13-9-15(25-3)14(24-2)8-12(13)18(20)22/h4-9H,1-3H3,(H2,20,22)(H,21,23). The number of amides is 2. The van der Waals surface area contributed by atoms with Crippen LogP contribution in [0.15, 0.2) is 36.4 Å². The lowest BCUT2D eigenvalue weighted by Gasteiger charge is -2.14. The van der Waals surface area contributed by atoms with Crippen LogP contribution in [-0.2, 0) is 0 Å². The van der Waals surface area contributed by atoms with Crippen LogP contribution in [0.3, 0.4) is 0 Å². The number of nitrogens with two attached hydrogens (primary N) is 1. The van der Waals surface area contributed by atoms with E-state index in [9.17, 15) is 9.59 Å². The highest BCUT2D eigenvalue weighted by atomic mass is 32.1. The number of carbonyl (C=O) groups is 2. The highest BCUT2D eigenvalue weighted by molar-refractivity contribution is 7.21. The highest BCUT2D eigenvalue weighted by Gasteiger charge is 2.20. The lowest BCUT2D eigenvalue weighted by molar-refractivity contribution is 0.100. The van der Waals surface area contributed by atoms with Gasteiger partial charge in [0.25, 0.3) is 11.8 Å². The van der Waals surface area contributed by atoms with Crippen molar-refractivity contribution >= 4 is 38.9 Å². The third-order valence-corrected chi connectivity index (χ3v) is 5.36. The van der Waals surface area contributed by atoms with Crippen molar-refractivity contribution in [3.63, 3.8) is 0 Å². The summed E-state index contributed by atoms with van der Waals surface area (Å²) in [6, 6.07) is 10.8. The van der Waals surface area contributed by atoms with E-state index < -0.39 is 5.91 Å². The number of thiophene rings is 1. The van der Waals surface area contributed by atoms with E-state index >= 15 is 0 Å². The van der Waals surface area contributed by atoms with Gasteiger partial charge in [-0.25, -0.2) is 0 Å². The largest absolute Gasteiger partial charge is 0.493 e. The Morgan fingerprint density at radius 3 is 2.35 bits per heavy atom. The van der Waals surface area contributed by atoms with E-state index in [-0.39, 0.29) is 17.2 Å². The van der Waals surface area contributed by atoms with Crippen LogP contribution in [0.25, 0.3) is 10.1 Å². The van der Waals surface area contributed by atoms with Crippen molar-refractivity contribution < 1.29 is 19.1 Å². The molecule has 0 radical (unpaired) electrons. The van der Waals surface area contributed by atoms with Crippen molar-refractivity contribution in [2.45, 2.75) is 6.92 Å². The van der Waals surface area contributed by atoms with Crippen molar-refractivity contribution in [3.8, 4) is 11.5 Å². The zero-order chi connectivity index (χ0) is 18.8. The Kier molecular flexibility index (Phi) is 4.81. The Morgan fingerprint density at radius 2 is 1.73 bits per heavy atom. The molecular formula is C19H18N2O4S. The molecule has 0 unspecified atom stereocenters. The van der Waals surface area contributed by atoms with E-state index in [1.807, 2.05) is 31.2 Å². The zero-order valence-corrected chi connectivity index (χ0v) is 15.4. The van der Waals surface area contributed by atoms with Crippen LogP contribution in [-0.4, -0.2) is 26.0 Å². The summed E-state index contributed by atoms with van der Waals surface area (Å²) in [6.07, 6.45) is 0. The van der Waals surface area contributed by atoms with E-state index in [1.54, 1.807) is 0 Å². The average molecular weight is 370 g/mol. The molecule has 0 fully saturated rings. The second-order valence-electron chi connectivity index (χ2n) is 5.62. The highest BCUT2D eigenvalue weighted by Crippen LogP contribution is 2.35. The zero-order valence-electron chi connectivity index (χ0n) is 14.6. The number of methoxy groups -OCH3 is 2. The monoisotopic (exact) mass is 370 g/mol. The summed E-state index contributed by atoms with van der Waals surface area (Å²) < 4.78 is 11.5. The normalized spacial score (nSPS) is 10.6. The van der Waals surface area contributed by atoms with Crippen molar-refractivity contribution in [3.05, 3.63) is 52.4 Å². The van der Waals surface area contributed by atoms with Crippen LogP contribution in [0.4, 0.5) is 5.69 Å². The van der Waals surface area contributed by atoms with Crippen molar-refractivity contribution in [1.82, 2.24) is 0 Å². The van der Waals surface area contributed by atoms with Crippen molar-refractivity contribution in [1.29, 1.82) is 0 Å². The number of hydrogen-bond acceptors (Lipinski definition) is 5. The SMILES string of the molecule is COc1cc(NC(=O)c2sc3ccccc3c2C)c(C(N)=O)cc1OC. The van der Waals surface area contributed by atoms with Gasteiger partial charge >= 0.3 is 0 Å². The Labute approximate surface area is 154 Å². The molecule has 3 rings (SSSR count). The number of benzene rings is 2. The molecule has 7 heteroatoms. The molecule has 0 saturated carbocycles. The van der Waals surface area contributed by atoms with Gasteiger partial charge in [0.15, 0.2) is 11.5 Å². The maximum atomic E-state index is 12.8. The summed E-state index contributed by atoms with van der Waals surface area (Å²) in [5.41, 5.74) is 6.77. The summed E-state index contributed by atoms with van der Waals surface area (Å²) in [5, 5.41) is 3.80. The lowest BCUT2D eigenvalue weighted by Crippen LogP contribution is -2.18. The van der Waals surface area contributed by atoms with Crippen molar-refractivity contribution in [2.75, 3.05) is 19.5 Å². The molecule has 0 saturated heterocycles. The molecule has 3 aromatic rings. The fourth-order valence-corrected chi connectivity index (χ4v) is 3.86. The fourth-order valence-electron chi connectivity index (χ4n) is 2.76. The summed E-state index contributed by atoms with van der Waals surface area (Å²) in [6.45, 7) is 1.90. The van der Waals surface area contributed by atoms with Gasteiger partial charge in [-0.3, -0.25) is 9.59 Å². The minimum atomic E-state index is -0.672. The van der Waals surface area contributed by atoms with Gasteiger partial charge in [-0.15, -0.1) is 11.3 Å². The molecule has 3 N–H and O–H groups in total. The van der Waals surface area contributed by atoms with Gasteiger partial charge in [0.05, 0.1) is 30.3 Å². The number of rotatable bonds is 5.